The van der Waals surface area contributed by atoms with Crippen molar-refractivity contribution in [1.82, 2.24) is 20.2 Å². The summed E-state index contributed by atoms with van der Waals surface area (Å²) in [5.74, 6) is 1.60. The summed E-state index contributed by atoms with van der Waals surface area (Å²) in [5.41, 5.74) is 3.44. The average molecular weight is 285 g/mol. The highest BCUT2D eigenvalue weighted by Gasteiger charge is 2.24. The Bertz CT molecular complexity index is 583. The van der Waals surface area contributed by atoms with Crippen molar-refractivity contribution in [3.8, 4) is 5.69 Å². The minimum Gasteiger partial charge on any atom is -0.382 e. The molecular formula is C16H23N5. The molecule has 5 heteroatoms. The van der Waals surface area contributed by atoms with Crippen molar-refractivity contribution in [3.05, 3.63) is 30.1 Å². The lowest BCUT2D eigenvalue weighted by molar-refractivity contribution is 0.281. The first-order valence-electron chi connectivity index (χ1n) is 7.72. The molecule has 1 aliphatic rings. The Morgan fingerprint density at radius 3 is 2.57 bits per heavy atom. The standard InChI is InChI=1S/C16H23N5/c1-11-6-12(2)8-14(7-11)18-16-9-15(5-4-13(16)3)21-10-17-19-20-21/h4-5,9-12,14,18H,6-8H2,1-3H3. The second kappa shape index (κ2) is 5.84. The number of benzene rings is 1. The highest BCUT2D eigenvalue weighted by molar-refractivity contribution is 5.57. The van der Waals surface area contributed by atoms with Crippen molar-refractivity contribution in [2.45, 2.75) is 46.1 Å². The second-order valence-electron chi connectivity index (χ2n) is 6.51. The van der Waals surface area contributed by atoms with E-state index in [2.05, 4.69) is 53.7 Å². The number of anilines is 1. The molecule has 2 atom stereocenters. The quantitative estimate of drug-likeness (QED) is 0.941. The topological polar surface area (TPSA) is 55.6 Å². The van der Waals surface area contributed by atoms with Crippen molar-refractivity contribution >= 4 is 5.69 Å². The molecule has 21 heavy (non-hydrogen) atoms. The van der Waals surface area contributed by atoms with E-state index < -0.39 is 0 Å². The first-order chi connectivity index (χ1) is 10.1. The first kappa shape index (κ1) is 14.0. The van der Waals surface area contributed by atoms with Gasteiger partial charge in [-0.05, 0) is 66.1 Å². The molecule has 0 aliphatic heterocycles. The lowest BCUT2D eigenvalue weighted by Gasteiger charge is -2.33. The zero-order valence-electron chi connectivity index (χ0n) is 13.0. The normalized spacial score (nSPS) is 25.8. The van der Waals surface area contributed by atoms with Gasteiger partial charge >= 0.3 is 0 Å². The largest absolute Gasteiger partial charge is 0.382 e. The Labute approximate surface area is 125 Å². The minimum atomic E-state index is 0.562. The average Bonchev–Trinajstić information content (AvgIpc) is 2.94. The fraction of sp³-hybridized carbons (Fsp3) is 0.562. The van der Waals surface area contributed by atoms with E-state index in [9.17, 15) is 0 Å². The summed E-state index contributed by atoms with van der Waals surface area (Å²) in [6, 6.07) is 6.86. The minimum absolute atomic E-state index is 0.562. The van der Waals surface area contributed by atoms with Crippen molar-refractivity contribution in [1.29, 1.82) is 0 Å². The molecule has 0 radical (unpaired) electrons. The molecule has 112 valence electrons. The van der Waals surface area contributed by atoms with Crippen LogP contribution in [0.1, 0.15) is 38.7 Å². The van der Waals surface area contributed by atoms with Crippen LogP contribution in [-0.4, -0.2) is 26.2 Å². The van der Waals surface area contributed by atoms with Crippen LogP contribution in [0.3, 0.4) is 0 Å². The fourth-order valence-corrected chi connectivity index (χ4v) is 3.47. The van der Waals surface area contributed by atoms with Gasteiger partial charge in [0.15, 0.2) is 0 Å². The van der Waals surface area contributed by atoms with E-state index >= 15 is 0 Å². The number of hydrogen-bond acceptors (Lipinski definition) is 4. The van der Waals surface area contributed by atoms with Gasteiger partial charge in [0.2, 0.25) is 0 Å². The Balaban J connectivity index is 1.80. The zero-order chi connectivity index (χ0) is 14.8. The molecular weight excluding hydrogens is 262 g/mol. The third-order valence-electron chi connectivity index (χ3n) is 4.37. The van der Waals surface area contributed by atoms with Crippen LogP contribution in [0.5, 0.6) is 0 Å². The number of aryl methyl sites for hydroxylation is 1. The molecule has 1 saturated carbocycles. The van der Waals surface area contributed by atoms with E-state index in [0.717, 1.165) is 17.5 Å². The van der Waals surface area contributed by atoms with Crippen molar-refractivity contribution in [2.24, 2.45) is 11.8 Å². The molecule has 5 nitrogen and oxygen atoms in total. The molecule has 1 N–H and O–H groups in total. The van der Waals surface area contributed by atoms with Crippen LogP contribution >= 0.6 is 0 Å². The molecule has 1 heterocycles. The molecule has 1 aromatic heterocycles. The van der Waals surface area contributed by atoms with Crippen LogP contribution in [0.25, 0.3) is 5.69 Å². The van der Waals surface area contributed by atoms with E-state index in [1.165, 1.54) is 30.5 Å². The highest BCUT2D eigenvalue weighted by Crippen LogP contribution is 2.31. The molecule has 3 rings (SSSR count). The number of tetrazole rings is 1. The molecule has 0 saturated heterocycles. The van der Waals surface area contributed by atoms with Crippen LogP contribution in [0.2, 0.25) is 0 Å². The highest BCUT2D eigenvalue weighted by atomic mass is 15.5. The maximum absolute atomic E-state index is 3.96. The van der Waals surface area contributed by atoms with Crippen LogP contribution in [-0.2, 0) is 0 Å². The van der Waals surface area contributed by atoms with Crippen LogP contribution < -0.4 is 5.32 Å². The number of nitrogens with one attached hydrogen (secondary N) is 1. The van der Waals surface area contributed by atoms with Gasteiger partial charge in [-0.3, -0.25) is 0 Å². The van der Waals surface area contributed by atoms with Crippen LogP contribution in [0, 0.1) is 18.8 Å². The Morgan fingerprint density at radius 1 is 1.14 bits per heavy atom. The van der Waals surface area contributed by atoms with Gasteiger partial charge in [-0.25, -0.2) is 4.68 Å². The lowest BCUT2D eigenvalue weighted by Crippen LogP contribution is -2.30. The molecule has 1 aromatic carbocycles. The summed E-state index contributed by atoms with van der Waals surface area (Å²) in [5, 5.41) is 15.1. The zero-order valence-corrected chi connectivity index (χ0v) is 13.0. The summed E-state index contributed by atoms with van der Waals surface area (Å²) in [6.45, 7) is 6.85. The van der Waals surface area contributed by atoms with E-state index in [1.807, 2.05) is 6.07 Å². The SMILES string of the molecule is Cc1ccc(-n2cnnn2)cc1NC1CC(C)CC(C)C1. The fourth-order valence-electron chi connectivity index (χ4n) is 3.47. The third-order valence-corrected chi connectivity index (χ3v) is 4.37. The smallest absolute Gasteiger partial charge is 0.143 e. The molecule has 0 bridgehead atoms. The summed E-state index contributed by atoms with van der Waals surface area (Å²) in [7, 11) is 0. The lowest BCUT2D eigenvalue weighted by atomic mass is 9.80. The van der Waals surface area contributed by atoms with Gasteiger partial charge in [0, 0.05) is 11.7 Å². The second-order valence-corrected chi connectivity index (χ2v) is 6.51. The number of rotatable bonds is 3. The van der Waals surface area contributed by atoms with Crippen LogP contribution in [0.15, 0.2) is 24.5 Å². The van der Waals surface area contributed by atoms with E-state index in [-0.39, 0.29) is 0 Å². The molecule has 0 spiro atoms. The molecule has 2 unspecified atom stereocenters. The van der Waals surface area contributed by atoms with Crippen LogP contribution in [0.4, 0.5) is 5.69 Å². The maximum atomic E-state index is 3.96. The molecule has 1 aliphatic carbocycles. The van der Waals surface area contributed by atoms with Gasteiger partial charge in [-0.15, -0.1) is 5.10 Å². The predicted octanol–water partition coefficient (Wildman–Crippen LogP) is 3.21. The van der Waals surface area contributed by atoms with Crippen molar-refractivity contribution in [3.63, 3.8) is 0 Å². The number of hydrogen-bond donors (Lipinski definition) is 1. The van der Waals surface area contributed by atoms with Gasteiger partial charge in [-0.2, -0.15) is 0 Å². The van der Waals surface area contributed by atoms with Gasteiger partial charge in [0.1, 0.15) is 6.33 Å². The number of nitrogens with zero attached hydrogens (tertiary/aromatic N) is 4. The van der Waals surface area contributed by atoms with Crippen molar-refractivity contribution in [2.75, 3.05) is 5.32 Å². The predicted molar refractivity (Wildman–Crippen MR) is 83.5 cm³/mol. The van der Waals surface area contributed by atoms with Gasteiger partial charge in [0.25, 0.3) is 0 Å². The van der Waals surface area contributed by atoms with Gasteiger partial charge < -0.3 is 5.32 Å². The maximum Gasteiger partial charge on any atom is 0.143 e. The third kappa shape index (κ3) is 3.23. The summed E-state index contributed by atoms with van der Waals surface area (Å²) >= 11 is 0. The Hall–Kier alpha value is -1.91. The van der Waals surface area contributed by atoms with E-state index in [0.29, 0.717) is 6.04 Å². The van der Waals surface area contributed by atoms with Gasteiger partial charge in [0.05, 0.1) is 5.69 Å². The van der Waals surface area contributed by atoms with E-state index in [4.69, 9.17) is 0 Å². The molecule has 2 aromatic rings. The summed E-state index contributed by atoms with van der Waals surface area (Å²) in [6.07, 6.45) is 5.47. The first-order valence-corrected chi connectivity index (χ1v) is 7.72. The number of aromatic nitrogens is 4. The summed E-state index contributed by atoms with van der Waals surface area (Å²) in [4.78, 5) is 0. The van der Waals surface area contributed by atoms with Crippen molar-refractivity contribution < 1.29 is 0 Å². The Morgan fingerprint density at radius 2 is 1.90 bits per heavy atom. The Kier molecular flexibility index (Phi) is 3.90. The summed E-state index contributed by atoms with van der Waals surface area (Å²) < 4.78 is 1.69. The van der Waals surface area contributed by atoms with E-state index in [1.54, 1.807) is 11.0 Å². The molecule has 1 fully saturated rings. The molecule has 0 amide bonds. The van der Waals surface area contributed by atoms with Gasteiger partial charge in [-0.1, -0.05) is 19.9 Å². The monoisotopic (exact) mass is 285 g/mol.